The molecule has 4 rings (SSSR count). The molecule has 1 aliphatic heterocycles. The quantitative estimate of drug-likeness (QED) is 0.695. The van der Waals surface area contributed by atoms with Gasteiger partial charge >= 0.3 is 0 Å². The van der Waals surface area contributed by atoms with Crippen LogP contribution in [0.3, 0.4) is 0 Å². The molecule has 0 aliphatic carbocycles. The van der Waals surface area contributed by atoms with Crippen molar-refractivity contribution in [1.82, 2.24) is 10.2 Å². The number of aliphatic hydroxyl groups excluding tert-OH is 1. The van der Waals surface area contributed by atoms with Crippen molar-refractivity contribution in [3.8, 4) is 29.0 Å². The van der Waals surface area contributed by atoms with Gasteiger partial charge in [-0.3, -0.25) is 0 Å². The van der Waals surface area contributed by atoms with Gasteiger partial charge in [-0.15, -0.1) is 10.2 Å². The highest BCUT2D eigenvalue weighted by Gasteiger charge is 2.44. The summed E-state index contributed by atoms with van der Waals surface area (Å²) in [5.41, 5.74) is 1.73. The number of halogens is 1. The first-order chi connectivity index (χ1) is 13.9. The summed E-state index contributed by atoms with van der Waals surface area (Å²) in [7, 11) is 0. The molecular formula is C22H18ClN3O3. The Balaban J connectivity index is 1.64. The summed E-state index contributed by atoms with van der Waals surface area (Å²) >= 11 is 5.92. The van der Waals surface area contributed by atoms with Crippen molar-refractivity contribution in [2.75, 3.05) is 0 Å². The fraction of sp³-hybridized carbons (Fsp3) is 0.227. The standard InChI is InChI=1S/C22H18ClN3O3/c1-22(2)21(27)20(16-11-13(12-24)3-9-18(16)29-22)28-19-10-8-17(25-26-19)14-4-6-15(23)7-5-14/h3-11,20-21,27H,1-2H3/t20-,21+/m1/s1. The first-order valence-electron chi connectivity index (χ1n) is 9.05. The minimum absolute atomic E-state index is 0.262. The van der Waals surface area contributed by atoms with Gasteiger partial charge in [0.2, 0.25) is 5.88 Å². The van der Waals surface area contributed by atoms with Gasteiger partial charge in [-0.2, -0.15) is 5.26 Å². The van der Waals surface area contributed by atoms with Crippen LogP contribution in [0.4, 0.5) is 0 Å². The normalized spacial score (nSPS) is 19.6. The number of ether oxygens (including phenoxy) is 2. The Morgan fingerprint density at radius 3 is 2.52 bits per heavy atom. The average Bonchev–Trinajstić information content (AvgIpc) is 2.72. The number of aliphatic hydroxyl groups is 1. The second kappa shape index (κ2) is 7.36. The van der Waals surface area contributed by atoms with Crippen LogP contribution in [0.1, 0.15) is 31.1 Å². The van der Waals surface area contributed by atoms with E-state index in [1.807, 2.05) is 12.1 Å². The maximum absolute atomic E-state index is 10.8. The van der Waals surface area contributed by atoms with Crippen molar-refractivity contribution in [1.29, 1.82) is 5.26 Å². The first kappa shape index (κ1) is 19.2. The van der Waals surface area contributed by atoms with Crippen LogP contribution in [0.25, 0.3) is 11.3 Å². The Labute approximate surface area is 173 Å². The van der Waals surface area contributed by atoms with Crippen LogP contribution < -0.4 is 9.47 Å². The molecule has 0 unspecified atom stereocenters. The summed E-state index contributed by atoms with van der Waals surface area (Å²) in [6.45, 7) is 3.56. The SMILES string of the molecule is CC1(C)Oc2ccc(C#N)cc2[C@@H](Oc2ccc(-c3ccc(Cl)cc3)nn2)[C@@H]1O. The number of nitriles is 1. The molecule has 6 nitrogen and oxygen atoms in total. The third-order valence-corrected chi connectivity index (χ3v) is 5.10. The number of aromatic nitrogens is 2. The minimum Gasteiger partial charge on any atom is -0.485 e. The van der Waals surface area contributed by atoms with E-state index in [9.17, 15) is 10.4 Å². The molecule has 2 aromatic carbocycles. The van der Waals surface area contributed by atoms with Gasteiger partial charge in [0.05, 0.1) is 17.3 Å². The van der Waals surface area contributed by atoms with E-state index >= 15 is 0 Å². The molecule has 1 N–H and O–H groups in total. The Bertz CT molecular complexity index is 1080. The third kappa shape index (κ3) is 3.75. The van der Waals surface area contributed by atoms with E-state index in [1.165, 1.54) is 0 Å². The van der Waals surface area contributed by atoms with Gasteiger partial charge in [-0.1, -0.05) is 23.7 Å². The number of rotatable bonds is 3. The Morgan fingerprint density at radius 1 is 1.10 bits per heavy atom. The fourth-order valence-electron chi connectivity index (χ4n) is 3.23. The first-order valence-corrected chi connectivity index (χ1v) is 9.42. The molecule has 1 aliphatic rings. The maximum Gasteiger partial charge on any atom is 0.234 e. The lowest BCUT2D eigenvalue weighted by Gasteiger charge is -2.41. The number of hydrogen-bond acceptors (Lipinski definition) is 6. The number of fused-ring (bicyclic) bond motifs is 1. The van der Waals surface area contributed by atoms with E-state index in [0.717, 1.165) is 5.56 Å². The van der Waals surface area contributed by atoms with E-state index in [2.05, 4.69) is 16.3 Å². The zero-order valence-electron chi connectivity index (χ0n) is 15.8. The molecule has 0 saturated heterocycles. The Morgan fingerprint density at radius 2 is 1.86 bits per heavy atom. The molecule has 146 valence electrons. The molecule has 0 fully saturated rings. The van der Waals surface area contributed by atoms with E-state index in [4.69, 9.17) is 21.1 Å². The Hall–Kier alpha value is -3.14. The van der Waals surface area contributed by atoms with Gasteiger partial charge in [0.15, 0.2) is 6.10 Å². The molecular weight excluding hydrogens is 390 g/mol. The van der Waals surface area contributed by atoms with Gasteiger partial charge in [-0.05, 0) is 50.2 Å². The molecule has 0 amide bonds. The summed E-state index contributed by atoms with van der Waals surface area (Å²) < 4.78 is 11.9. The summed E-state index contributed by atoms with van der Waals surface area (Å²) in [6, 6.07) is 17.9. The van der Waals surface area contributed by atoms with Crippen LogP contribution >= 0.6 is 11.6 Å². The summed E-state index contributed by atoms with van der Waals surface area (Å²) in [5.74, 6) is 0.827. The van der Waals surface area contributed by atoms with Crippen molar-refractivity contribution in [3.63, 3.8) is 0 Å². The van der Waals surface area contributed by atoms with Crippen LogP contribution in [0.15, 0.2) is 54.6 Å². The molecule has 29 heavy (non-hydrogen) atoms. The molecule has 7 heteroatoms. The van der Waals surface area contributed by atoms with Gasteiger partial charge in [-0.25, -0.2) is 0 Å². The van der Waals surface area contributed by atoms with Crippen LogP contribution in [0.5, 0.6) is 11.6 Å². The largest absolute Gasteiger partial charge is 0.485 e. The van der Waals surface area contributed by atoms with Crippen molar-refractivity contribution < 1.29 is 14.6 Å². The summed E-state index contributed by atoms with van der Waals surface area (Å²) in [4.78, 5) is 0. The predicted molar refractivity (Wildman–Crippen MR) is 108 cm³/mol. The van der Waals surface area contributed by atoms with Gasteiger partial charge in [0, 0.05) is 22.2 Å². The number of nitrogens with zero attached hydrogens (tertiary/aromatic N) is 3. The van der Waals surface area contributed by atoms with Crippen molar-refractivity contribution >= 4 is 11.6 Å². The summed E-state index contributed by atoms with van der Waals surface area (Å²) in [5, 5.41) is 29.1. The van der Waals surface area contributed by atoms with Gasteiger partial charge in [0.1, 0.15) is 17.5 Å². The fourth-order valence-corrected chi connectivity index (χ4v) is 3.35. The molecule has 1 aromatic heterocycles. The van der Waals surface area contributed by atoms with Crippen molar-refractivity contribution in [2.45, 2.75) is 31.7 Å². The van der Waals surface area contributed by atoms with Crippen LogP contribution in [-0.4, -0.2) is 27.0 Å². The predicted octanol–water partition coefficient (Wildman–Crippen LogP) is 4.32. The lowest BCUT2D eigenvalue weighted by molar-refractivity contribution is -0.104. The maximum atomic E-state index is 10.8. The van der Waals surface area contributed by atoms with E-state index in [-0.39, 0.29) is 5.88 Å². The van der Waals surface area contributed by atoms with Crippen LogP contribution in [0.2, 0.25) is 5.02 Å². The molecule has 0 radical (unpaired) electrons. The van der Waals surface area contributed by atoms with E-state index in [1.54, 1.807) is 56.3 Å². The smallest absolute Gasteiger partial charge is 0.234 e. The minimum atomic E-state index is -0.971. The van der Waals surface area contributed by atoms with Gasteiger partial charge in [0.25, 0.3) is 0 Å². The topological polar surface area (TPSA) is 88.3 Å². The average molecular weight is 408 g/mol. The van der Waals surface area contributed by atoms with Crippen LogP contribution in [0, 0.1) is 11.3 Å². The monoisotopic (exact) mass is 407 g/mol. The Kier molecular flexibility index (Phi) is 4.87. The second-order valence-corrected chi connectivity index (χ2v) is 7.75. The zero-order chi connectivity index (χ0) is 20.6. The lowest BCUT2D eigenvalue weighted by atomic mass is 9.88. The molecule has 2 atom stereocenters. The third-order valence-electron chi connectivity index (χ3n) is 4.85. The summed E-state index contributed by atoms with van der Waals surface area (Å²) in [6.07, 6.45) is -1.72. The highest BCUT2D eigenvalue weighted by molar-refractivity contribution is 6.30. The molecule has 2 heterocycles. The molecule has 0 bridgehead atoms. The molecule has 0 saturated carbocycles. The van der Waals surface area contributed by atoms with Crippen LogP contribution in [-0.2, 0) is 0 Å². The highest BCUT2D eigenvalue weighted by atomic mass is 35.5. The molecule has 0 spiro atoms. The highest BCUT2D eigenvalue weighted by Crippen LogP contribution is 2.42. The molecule has 3 aromatic rings. The van der Waals surface area contributed by atoms with E-state index < -0.39 is 17.8 Å². The van der Waals surface area contributed by atoms with Crippen molar-refractivity contribution in [3.05, 3.63) is 70.7 Å². The van der Waals surface area contributed by atoms with Crippen molar-refractivity contribution in [2.24, 2.45) is 0 Å². The second-order valence-electron chi connectivity index (χ2n) is 7.32. The lowest BCUT2D eigenvalue weighted by Crippen LogP contribution is -2.50. The number of hydrogen-bond donors (Lipinski definition) is 1. The van der Waals surface area contributed by atoms with Gasteiger partial charge < -0.3 is 14.6 Å². The number of benzene rings is 2. The zero-order valence-corrected chi connectivity index (χ0v) is 16.6. The van der Waals surface area contributed by atoms with E-state index in [0.29, 0.717) is 27.6 Å².